The van der Waals surface area contributed by atoms with Crippen LogP contribution in [-0.4, -0.2) is 17.6 Å². The van der Waals surface area contributed by atoms with E-state index in [1.165, 1.54) is 0 Å². The first-order chi connectivity index (χ1) is 7.16. The molecular formula is C11H12BrNO2. The van der Waals surface area contributed by atoms with Crippen LogP contribution in [0.3, 0.4) is 0 Å². The summed E-state index contributed by atoms with van der Waals surface area (Å²) in [6, 6.07) is 5.97. The van der Waals surface area contributed by atoms with Gasteiger partial charge < -0.3 is 10.4 Å². The van der Waals surface area contributed by atoms with Crippen molar-refractivity contribution < 1.29 is 9.90 Å². The Kier molecular flexibility index (Phi) is 2.95. The van der Waals surface area contributed by atoms with Gasteiger partial charge >= 0.3 is 5.97 Å². The second-order valence-electron chi connectivity index (χ2n) is 3.74. The van der Waals surface area contributed by atoms with Gasteiger partial charge in [-0.1, -0.05) is 15.9 Å². The summed E-state index contributed by atoms with van der Waals surface area (Å²) < 4.78 is 1.00. The lowest BCUT2D eigenvalue weighted by molar-refractivity contribution is -0.137. The van der Waals surface area contributed by atoms with E-state index in [1.807, 2.05) is 18.2 Å². The van der Waals surface area contributed by atoms with Crippen molar-refractivity contribution >= 4 is 27.6 Å². The first-order valence-corrected chi connectivity index (χ1v) is 5.71. The van der Waals surface area contributed by atoms with Gasteiger partial charge in [0.05, 0.1) is 6.42 Å². The fraction of sp³-hybridized carbons (Fsp3) is 0.364. The van der Waals surface area contributed by atoms with Crippen LogP contribution in [0.15, 0.2) is 22.7 Å². The van der Waals surface area contributed by atoms with E-state index in [2.05, 4.69) is 21.2 Å². The van der Waals surface area contributed by atoms with E-state index in [4.69, 9.17) is 5.11 Å². The number of hydrogen-bond donors (Lipinski definition) is 2. The molecule has 1 aromatic rings. The van der Waals surface area contributed by atoms with Crippen LogP contribution in [0.1, 0.15) is 24.3 Å². The van der Waals surface area contributed by atoms with E-state index in [9.17, 15) is 4.79 Å². The molecule has 4 heteroatoms. The molecule has 1 heterocycles. The molecule has 0 bridgehead atoms. The SMILES string of the molecule is O=C(O)CC1CCNc2ccc(Br)cc21. The van der Waals surface area contributed by atoms with Crippen molar-refractivity contribution in [3.05, 3.63) is 28.2 Å². The van der Waals surface area contributed by atoms with Crippen LogP contribution < -0.4 is 5.32 Å². The van der Waals surface area contributed by atoms with Gasteiger partial charge in [-0.25, -0.2) is 0 Å². The Labute approximate surface area is 96.6 Å². The Hall–Kier alpha value is -1.03. The third kappa shape index (κ3) is 2.31. The molecule has 80 valence electrons. The van der Waals surface area contributed by atoms with E-state index in [0.29, 0.717) is 0 Å². The molecular weight excluding hydrogens is 258 g/mol. The Morgan fingerprint density at radius 2 is 2.40 bits per heavy atom. The second kappa shape index (κ2) is 4.23. The largest absolute Gasteiger partial charge is 0.481 e. The molecule has 1 aliphatic heterocycles. The third-order valence-electron chi connectivity index (χ3n) is 2.68. The number of aliphatic carboxylic acids is 1. The van der Waals surface area contributed by atoms with Crippen LogP contribution in [-0.2, 0) is 4.79 Å². The molecule has 0 fully saturated rings. The number of halogens is 1. The van der Waals surface area contributed by atoms with Crippen LogP contribution in [0.2, 0.25) is 0 Å². The molecule has 0 saturated carbocycles. The minimum atomic E-state index is -0.729. The molecule has 3 nitrogen and oxygen atoms in total. The van der Waals surface area contributed by atoms with Crippen molar-refractivity contribution in [1.29, 1.82) is 0 Å². The Morgan fingerprint density at radius 3 is 3.13 bits per heavy atom. The lowest BCUT2D eigenvalue weighted by atomic mass is 9.88. The topological polar surface area (TPSA) is 49.3 Å². The average molecular weight is 270 g/mol. The first kappa shape index (κ1) is 10.5. The lowest BCUT2D eigenvalue weighted by Gasteiger charge is -2.25. The number of nitrogens with one attached hydrogen (secondary N) is 1. The maximum Gasteiger partial charge on any atom is 0.303 e. The molecule has 2 N–H and O–H groups in total. The van der Waals surface area contributed by atoms with E-state index in [-0.39, 0.29) is 12.3 Å². The highest BCUT2D eigenvalue weighted by Crippen LogP contribution is 2.35. The standard InChI is InChI=1S/C11H12BrNO2/c12-8-1-2-10-9(6-8)7(3-4-13-10)5-11(14)15/h1-2,6-7,13H,3-5H2,(H,14,15). The number of carboxylic acids is 1. The van der Waals surface area contributed by atoms with E-state index >= 15 is 0 Å². The van der Waals surface area contributed by atoms with Crippen LogP contribution in [0.25, 0.3) is 0 Å². The summed E-state index contributed by atoms with van der Waals surface area (Å²) in [5.74, 6) is -0.593. The highest BCUT2D eigenvalue weighted by molar-refractivity contribution is 9.10. The van der Waals surface area contributed by atoms with Gasteiger partial charge in [0.1, 0.15) is 0 Å². The molecule has 15 heavy (non-hydrogen) atoms. The minimum absolute atomic E-state index is 0.135. The summed E-state index contributed by atoms with van der Waals surface area (Å²) in [5.41, 5.74) is 2.17. The first-order valence-electron chi connectivity index (χ1n) is 4.92. The van der Waals surface area contributed by atoms with Crippen molar-refractivity contribution in [1.82, 2.24) is 0 Å². The van der Waals surface area contributed by atoms with Crippen LogP contribution in [0.5, 0.6) is 0 Å². The number of rotatable bonds is 2. The van der Waals surface area contributed by atoms with Crippen LogP contribution in [0.4, 0.5) is 5.69 Å². The van der Waals surface area contributed by atoms with E-state index in [0.717, 1.165) is 28.7 Å². The molecule has 0 saturated heterocycles. The molecule has 2 rings (SSSR count). The fourth-order valence-corrected chi connectivity index (χ4v) is 2.37. The smallest absolute Gasteiger partial charge is 0.303 e. The quantitative estimate of drug-likeness (QED) is 0.868. The van der Waals surface area contributed by atoms with Gasteiger partial charge in [-0.05, 0) is 36.1 Å². The third-order valence-corrected chi connectivity index (χ3v) is 3.18. The predicted octanol–water partition coefficient (Wildman–Crippen LogP) is 2.82. The van der Waals surface area contributed by atoms with Gasteiger partial charge in [0.15, 0.2) is 0 Å². The van der Waals surface area contributed by atoms with Crippen molar-refractivity contribution in [3.63, 3.8) is 0 Å². The molecule has 1 aliphatic rings. The van der Waals surface area contributed by atoms with E-state index < -0.39 is 5.97 Å². The average Bonchev–Trinajstić information content (AvgIpc) is 2.18. The number of carbonyl (C=O) groups is 1. The van der Waals surface area contributed by atoms with Crippen LogP contribution >= 0.6 is 15.9 Å². The summed E-state index contributed by atoms with van der Waals surface area (Å²) in [6.07, 6.45) is 1.10. The molecule has 1 atom stereocenters. The number of anilines is 1. The molecule has 0 aromatic heterocycles. The van der Waals surface area contributed by atoms with E-state index in [1.54, 1.807) is 0 Å². The number of hydrogen-bond acceptors (Lipinski definition) is 2. The summed E-state index contributed by atoms with van der Waals surface area (Å²) in [7, 11) is 0. The van der Waals surface area contributed by atoms with Gasteiger partial charge in [0.25, 0.3) is 0 Å². The fourth-order valence-electron chi connectivity index (χ4n) is 1.99. The summed E-state index contributed by atoms with van der Waals surface area (Å²) in [6.45, 7) is 0.854. The predicted molar refractivity (Wildman–Crippen MR) is 62.2 cm³/mol. The van der Waals surface area contributed by atoms with Gasteiger partial charge in [0, 0.05) is 16.7 Å². The summed E-state index contributed by atoms with van der Waals surface area (Å²) in [5, 5.41) is 12.1. The molecule has 0 spiro atoms. The van der Waals surface area contributed by atoms with Gasteiger partial charge in [-0.3, -0.25) is 4.79 Å². The van der Waals surface area contributed by atoms with Crippen molar-refractivity contribution in [2.75, 3.05) is 11.9 Å². The molecule has 1 aromatic carbocycles. The summed E-state index contributed by atoms with van der Waals surface area (Å²) in [4.78, 5) is 10.7. The normalized spacial score (nSPS) is 19.1. The molecule has 1 unspecified atom stereocenters. The second-order valence-corrected chi connectivity index (χ2v) is 4.66. The summed E-state index contributed by atoms with van der Waals surface area (Å²) >= 11 is 3.41. The van der Waals surface area contributed by atoms with Gasteiger partial charge in [-0.15, -0.1) is 0 Å². The number of benzene rings is 1. The molecule has 0 amide bonds. The minimum Gasteiger partial charge on any atom is -0.481 e. The highest BCUT2D eigenvalue weighted by Gasteiger charge is 2.22. The zero-order valence-corrected chi connectivity index (χ0v) is 9.75. The monoisotopic (exact) mass is 269 g/mol. The Balaban J connectivity index is 2.32. The van der Waals surface area contributed by atoms with Crippen molar-refractivity contribution in [2.24, 2.45) is 0 Å². The maximum atomic E-state index is 10.7. The highest BCUT2D eigenvalue weighted by atomic mass is 79.9. The Bertz CT molecular complexity index is 392. The lowest BCUT2D eigenvalue weighted by Crippen LogP contribution is -2.18. The zero-order valence-electron chi connectivity index (χ0n) is 8.16. The van der Waals surface area contributed by atoms with Gasteiger partial charge in [0.2, 0.25) is 0 Å². The van der Waals surface area contributed by atoms with Gasteiger partial charge in [-0.2, -0.15) is 0 Å². The molecule has 0 aliphatic carbocycles. The van der Waals surface area contributed by atoms with Crippen LogP contribution in [0, 0.1) is 0 Å². The Morgan fingerprint density at radius 1 is 1.60 bits per heavy atom. The van der Waals surface area contributed by atoms with Crippen molar-refractivity contribution in [3.8, 4) is 0 Å². The van der Waals surface area contributed by atoms with Crippen molar-refractivity contribution in [2.45, 2.75) is 18.8 Å². The molecule has 0 radical (unpaired) electrons. The zero-order chi connectivity index (χ0) is 10.8. The maximum absolute atomic E-state index is 10.7. The number of carboxylic acid groups (broad SMARTS) is 1. The number of fused-ring (bicyclic) bond motifs is 1.